The van der Waals surface area contributed by atoms with Gasteiger partial charge >= 0.3 is 5.91 Å². The molecule has 0 bridgehead atoms. The maximum atomic E-state index is 13.5. The van der Waals surface area contributed by atoms with Crippen LogP contribution in [-0.2, 0) is 9.59 Å². The Labute approximate surface area is 235 Å². The van der Waals surface area contributed by atoms with E-state index in [1.54, 1.807) is 54.6 Å². The molecule has 7 nitrogen and oxygen atoms in total. The summed E-state index contributed by atoms with van der Waals surface area (Å²) < 4.78 is 12.3. The average Bonchev–Trinajstić information content (AvgIpc) is 3.48. The molecule has 1 atom stereocenters. The van der Waals surface area contributed by atoms with E-state index in [1.165, 1.54) is 16.2 Å². The van der Waals surface area contributed by atoms with Gasteiger partial charge < -0.3 is 14.6 Å². The van der Waals surface area contributed by atoms with Crippen LogP contribution in [0.1, 0.15) is 43.9 Å². The number of benzene rings is 3. The smallest absolute Gasteiger partial charge is 0.301 e. The van der Waals surface area contributed by atoms with E-state index in [-0.39, 0.29) is 11.3 Å². The van der Waals surface area contributed by atoms with Crippen LogP contribution in [0.2, 0.25) is 5.02 Å². The Morgan fingerprint density at radius 2 is 1.69 bits per heavy atom. The number of aliphatic hydroxyl groups is 1. The molecule has 39 heavy (non-hydrogen) atoms. The molecular formula is C30H27ClN2O5S. The second-order valence-electron chi connectivity index (χ2n) is 9.07. The third-order valence-corrected chi connectivity index (χ3v) is 7.49. The number of rotatable bonds is 9. The van der Waals surface area contributed by atoms with Gasteiger partial charge in [-0.25, -0.2) is 4.98 Å². The van der Waals surface area contributed by atoms with E-state index >= 15 is 0 Å². The highest BCUT2D eigenvalue weighted by molar-refractivity contribution is 7.22. The second-order valence-corrected chi connectivity index (χ2v) is 10.5. The fourth-order valence-corrected chi connectivity index (χ4v) is 5.68. The first-order valence-electron chi connectivity index (χ1n) is 12.7. The van der Waals surface area contributed by atoms with Crippen LogP contribution in [0, 0.1) is 0 Å². The summed E-state index contributed by atoms with van der Waals surface area (Å²) >= 11 is 7.43. The number of amides is 1. The normalized spacial score (nSPS) is 16.7. The molecule has 0 radical (unpaired) electrons. The summed E-state index contributed by atoms with van der Waals surface area (Å²) in [5.74, 6) is -0.574. The Balaban J connectivity index is 1.65. The molecule has 0 spiro atoms. The third kappa shape index (κ3) is 5.35. The number of aliphatic hydroxyl groups excluding tert-OH is 1. The summed E-state index contributed by atoms with van der Waals surface area (Å²) in [6, 6.07) is 18.4. The molecule has 1 fully saturated rings. The second kappa shape index (κ2) is 11.5. The van der Waals surface area contributed by atoms with Crippen molar-refractivity contribution < 1.29 is 24.2 Å². The number of hydrogen-bond donors (Lipinski definition) is 1. The van der Waals surface area contributed by atoms with E-state index < -0.39 is 17.7 Å². The van der Waals surface area contributed by atoms with Crippen LogP contribution in [0.3, 0.4) is 0 Å². The van der Waals surface area contributed by atoms with E-state index in [4.69, 9.17) is 21.1 Å². The topological polar surface area (TPSA) is 89.0 Å². The summed E-state index contributed by atoms with van der Waals surface area (Å²) in [6.45, 7) is 5.12. The van der Waals surface area contributed by atoms with Crippen molar-refractivity contribution in [3.05, 3.63) is 88.5 Å². The first-order chi connectivity index (χ1) is 18.9. The molecule has 3 aromatic carbocycles. The SMILES string of the molecule is CCCOc1ccc(C(O)=C2C(=O)C(=O)N(c3nc4ccc(Cl)cc4s3)C2c2cccc(OCCC)c2)cc1. The number of nitrogens with zero attached hydrogens (tertiary/aromatic N) is 2. The van der Waals surface area contributed by atoms with Gasteiger partial charge in [0.1, 0.15) is 17.3 Å². The maximum Gasteiger partial charge on any atom is 0.301 e. The van der Waals surface area contributed by atoms with Gasteiger partial charge in [-0.1, -0.05) is 48.9 Å². The predicted molar refractivity (Wildman–Crippen MR) is 154 cm³/mol. The van der Waals surface area contributed by atoms with Crippen molar-refractivity contribution in [1.29, 1.82) is 0 Å². The number of carbonyl (C=O) groups excluding carboxylic acids is 2. The summed E-state index contributed by atoms with van der Waals surface area (Å²) in [4.78, 5) is 33.0. The van der Waals surface area contributed by atoms with Crippen LogP contribution >= 0.6 is 22.9 Å². The minimum absolute atomic E-state index is 0.0212. The lowest BCUT2D eigenvalue weighted by Crippen LogP contribution is -2.29. The number of Topliss-reactive ketones (excluding diaryl/α,β-unsaturated/α-hetero) is 1. The first-order valence-corrected chi connectivity index (χ1v) is 13.9. The number of ketones is 1. The van der Waals surface area contributed by atoms with Gasteiger partial charge in [-0.15, -0.1) is 0 Å². The number of thiazole rings is 1. The maximum absolute atomic E-state index is 13.5. The lowest BCUT2D eigenvalue weighted by molar-refractivity contribution is -0.132. The number of hydrogen-bond acceptors (Lipinski definition) is 7. The molecule has 1 aliphatic rings. The summed E-state index contributed by atoms with van der Waals surface area (Å²) in [5, 5.41) is 12.3. The Kier molecular flexibility index (Phi) is 7.86. The molecule has 1 aliphatic heterocycles. The molecule has 1 aromatic heterocycles. The molecule has 0 aliphatic carbocycles. The molecule has 9 heteroatoms. The van der Waals surface area contributed by atoms with Crippen LogP contribution < -0.4 is 14.4 Å². The number of fused-ring (bicyclic) bond motifs is 1. The lowest BCUT2D eigenvalue weighted by atomic mass is 9.95. The van der Waals surface area contributed by atoms with Crippen molar-refractivity contribution in [2.24, 2.45) is 0 Å². The summed E-state index contributed by atoms with van der Waals surface area (Å²) in [7, 11) is 0. The number of anilines is 1. The van der Waals surface area contributed by atoms with Gasteiger partial charge in [-0.05, 0) is 73.0 Å². The first kappa shape index (κ1) is 26.7. The quantitative estimate of drug-likeness (QED) is 0.132. The summed E-state index contributed by atoms with van der Waals surface area (Å²) in [5.41, 5.74) is 1.65. The Bertz CT molecular complexity index is 1560. The van der Waals surface area contributed by atoms with Gasteiger partial charge in [0, 0.05) is 10.6 Å². The Morgan fingerprint density at radius 3 is 2.41 bits per heavy atom. The van der Waals surface area contributed by atoms with Crippen LogP contribution in [0.25, 0.3) is 16.0 Å². The largest absolute Gasteiger partial charge is 0.507 e. The number of ether oxygens (including phenoxy) is 2. The van der Waals surface area contributed by atoms with Gasteiger partial charge in [0.2, 0.25) is 0 Å². The Hall–Kier alpha value is -3.88. The average molecular weight is 563 g/mol. The highest BCUT2D eigenvalue weighted by atomic mass is 35.5. The zero-order valence-corrected chi connectivity index (χ0v) is 23.1. The lowest BCUT2D eigenvalue weighted by Gasteiger charge is -2.23. The van der Waals surface area contributed by atoms with E-state index in [9.17, 15) is 14.7 Å². The van der Waals surface area contributed by atoms with Crippen molar-refractivity contribution in [3.8, 4) is 11.5 Å². The minimum Gasteiger partial charge on any atom is -0.507 e. The third-order valence-electron chi connectivity index (χ3n) is 6.24. The van der Waals surface area contributed by atoms with Crippen LogP contribution in [0.4, 0.5) is 5.13 Å². The number of carbonyl (C=O) groups is 2. The molecular weight excluding hydrogens is 536 g/mol. The van der Waals surface area contributed by atoms with Crippen LogP contribution in [0.15, 0.2) is 72.3 Å². The fourth-order valence-electron chi connectivity index (χ4n) is 4.41. The van der Waals surface area contributed by atoms with Gasteiger partial charge in [-0.2, -0.15) is 0 Å². The molecule has 1 saturated heterocycles. The van der Waals surface area contributed by atoms with Crippen molar-refractivity contribution in [3.63, 3.8) is 0 Å². The summed E-state index contributed by atoms with van der Waals surface area (Å²) in [6.07, 6.45) is 1.69. The van der Waals surface area contributed by atoms with Crippen molar-refractivity contribution >= 4 is 55.7 Å². The van der Waals surface area contributed by atoms with E-state index in [0.717, 1.165) is 17.5 Å². The van der Waals surface area contributed by atoms with Crippen molar-refractivity contribution in [1.82, 2.24) is 4.98 Å². The Morgan fingerprint density at radius 1 is 0.974 bits per heavy atom. The zero-order valence-electron chi connectivity index (χ0n) is 21.5. The highest BCUT2D eigenvalue weighted by Crippen LogP contribution is 2.45. The molecule has 200 valence electrons. The van der Waals surface area contributed by atoms with E-state index in [1.807, 2.05) is 26.0 Å². The number of halogens is 1. The van der Waals surface area contributed by atoms with Crippen molar-refractivity contribution in [2.75, 3.05) is 18.1 Å². The number of aromatic nitrogens is 1. The van der Waals surface area contributed by atoms with Gasteiger partial charge in [-0.3, -0.25) is 14.5 Å². The van der Waals surface area contributed by atoms with E-state index in [2.05, 4.69) is 4.98 Å². The van der Waals surface area contributed by atoms with Crippen LogP contribution in [-0.4, -0.2) is 35.0 Å². The van der Waals surface area contributed by atoms with Crippen LogP contribution in [0.5, 0.6) is 11.5 Å². The molecule has 0 saturated carbocycles. The molecule has 5 rings (SSSR count). The molecule has 4 aromatic rings. The standard InChI is InChI=1S/C30H27ClN2O5S/c1-3-14-37-21-11-8-18(9-12-21)27(34)25-26(19-6-5-7-22(16-19)38-15-4-2)33(29(36)28(25)35)30-32-23-13-10-20(31)17-24(23)39-30/h5-13,16-17,26,34H,3-4,14-15H2,1-2H3. The molecule has 2 heterocycles. The predicted octanol–water partition coefficient (Wildman–Crippen LogP) is 7.15. The van der Waals surface area contributed by atoms with Gasteiger partial charge in [0.05, 0.1) is 35.0 Å². The van der Waals surface area contributed by atoms with Crippen molar-refractivity contribution in [2.45, 2.75) is 32.7 Å². The van der Waals surface area contributed by atoms with Gasteiger partial charge in [0.15, 0.2) is 5.13 Å². The monoisotopic (exact) mass is 562 g/mol. The fraction of sp³-hybridized carbons (Fsp3) is 0.233. The zero-order chi connectivity index (χ0) is 27.5. The minimum atomic E-state index is -0.915. The molecule has 1 amide bonds. The van der Waals surface area contributed by atoms with E-state index in [0.29, 0.717) is 51.5 Å². The van der Waals surface area contributed by atoms with Gasteiger partial charge in [0.25, 0.3) is 5.78 Å². The molecule has 1 N–H and O–H groups in total. The molecule has 1 unspecified atom stereocenters. The highest BCUT2D eigenvalue weighted by Gasteiger charge is 2.48.